The highest BCUT2D eigenvalue weighted by Gasteiger charge is 2.31. The molecule has 0 bridgehead atoms. The molecule has 2 aromatic heterocycles. The predicted octanol–water partition coefficient (Wildman–Crippen LogP) is 4.80. The van der Waals surface area contributed by atoms with E-state index in [-0.39, 0.29) is 18.0 Å². The Balaban J connectivity index is 2.12. The number of rotatable bonds is 4. The average molecular weight is 366 g/mol. The van der Waals surface area contributed by atoms with Crippen LogP contribution >= 0.6 is 11.3 Å². The number of hydrogen-bond donors (Lipinski definition) is 0. The van der Waals surface area contributed by atoms with Gasteiger partial charge in [0.2, 0.25) is 0 Å². The molecule has 0 N–H and O–H groups in total. The second-order valence-electron chi connectivity index (χ2n) is 5.07. The molecule has 0 radical (unpaired) electrons. The van der Waals surface area contributed by atoms with Gasteiger partial charge < -0.3 is 4.74 Å². The maximum absolute atomic E-state index is 13.0. The molecule has 0 atom stereocenters. The van der Waals surface area contributed by atoms with Crippen molar-refractivity contribution in [1.82, 2.24) is 9.78 Å². The van der Waals surface area contributed by atoms with Crippen LogP contribution in [-0.2, 0) is 10.9 Å². The number of thiophene rings is 1. The van der Waals surface area contributed by atoms with Crippen molar-refractivity contribution in [2.24, 2.45) is 0 Å². The van der Waals surface area contributed by atoms with Crippen LogP contribution in [0.4, 0.5) is 13.2 Å². The molecule has 8 heteroatoms. The largest absolute Gasteiger partial charge is 0.461 e. The Morgan fingerprint density at radius 2 is 2.04 bits per heavy atom. The summed E-state index contributed by atoms with van der Waals surface area (Å²) in [6.07, 6.45) is -4.48. The number of nitrogens with zero attached hydrogens (tertiary/aromatic N) is 2. The molecule has 4 nitrogen and oxygen atoms in total. The first-order valence-electron chi connectivity index (χ1n) is 7.39. The quantitative estimate of drug-likeness (QED) is 0.623. The molecule has 1 aromatic carbocycles. The SMILES string of the molecule is CCOC(=O)c1cc(-c2cccs2)nn1-c1cccc(C(F)(F)F)c1. The minimum atomic E-state index is -4.48. The van der Waals surface area contributed by atoms with E-state index in [2.05, 4.69) is 5.10 Å². The lowest BCUT2D eigenvalue weighted by Crippen LogP contribution is -2.13. The number of hydrogen-bond acceptors (Lipinski definition) is 4. The first kappa shape index (κ1) is 17.2. The van der Waals surface area contributed by atoms with Gasteiger partial charge in [0.25, 0.3) is 0 Å². The summed E-state index contributed by atoms with van der Waals surface area (Å²) >= 11 is 1.42. The van der Waals surface area contributed by atoms with Crippen LogP contribution in [0.25, 0.3) is 16.3 Å². The lowest BCUT2D eigenvalue weighted by atomic mass is 10.2. The molecule has 0 aliphatic rings. The maximum atomic E-state index is 13.0. The summed E-state index contributed by atoms with van der Waals surface area (Å²) in [6.45, 7) is 1.81. The van der Waals surface area contributed by atoms with Gasteiger partial charge in [0.1, 0.15) is 5.69 Å². The van der Waals surface area contributed by atoms with E-state index in [0.717, 1.165) is 17.0 Å². The fourth-order valence-corrected chi connectivity index (χ4v) is 2.97. The highest BCUT2D eigenvalue weighted by molar-refractivity contribution is 7.13. The molecule has 2 heterocycles. The summed E-state index contributed by atoms with van der Waals surface area (Å²) in [5, 5.41) is 6.16. The van der Waals surface area contributed by atoms with E-state index in [9.17, 15) is 18.0 Å². The smallest absolute Gasteiger partial charge is 0.416 e. The minimum Gasteiger partial charge on any atom is -0.461 e. The fraction of sp³-hybridized carbons (Fsp3) is 0.176. The lowest BCUT2D eigenvalue weighted by molar-refractivity contribution is -0.137. The second kappa shape index (κ2) is 6.72. The molecule has 3 rings (SSSR count). The zero-order valence-corrected chi connectivity index (χ0v) is 13.9. The van der Waals surface area contributed by atoms with Crippen molar-refractivity contribution >= 4 is 17.3 Å². The van der Waals surface area contributed by atoms with Crippen molar-refractivity contribution in [3.05, 3.63) is 59.1 Å². The van der Waals surface area contributed by atoms with Gasteiger partial charge in [0, 0.05) is 6.07 Å². The van der Waals surface area contributed by atoms with E-state index in [0.29, 0.717) is 5.69 Å². The van der Waals surface area contributed by atoms with Crippen LogP contribution in [0, 0.1) is 0 Å². The van der Waals surface area contributed by atoms with Gasteiger partial charge in [-0.25, -0.2) is 9.48 Å². The van der Waals surface area contributed by atoms with Crippen molar-refractivity contribution in [2.75, 3.05) is 6.61 Å². The summed E-state index contributed by atoms with van der Waals surface area (Å²) in [7, 11) is 0. The number of ether oxygens (including phenoxy) is 1. The highest BCUT2D eigenvalue weighted by Crippen LogP contribution is 2.31. The summed E-state index contributed by atoms with van der Waals surface area (Å²) in [6, 6.07) is 9.82. The van der Waals surface area contributed by atoms with Gasteiger partial charge in [-0.1, -0.05) is 12.1 Å². The number of benzene rings is 1. The van der Waals surface area contributed by atoms with Gasteiger partial charge in [-0.15, -0.1) is 11.3 Å². The van der Waals surface area contributed by atoms with Crippen LogP contribution < -0.4 is 0 Å². The Labute approximate surface area is 145 Å². The molecule has 0 spiro atoms. The third kappa shape index (κ3) is 3.58. The predicted molar refractivity (Wildman–Crippen MR) is 87.8 cm³/mol. The third-order valence-electron chi connectivity index (χ3n) is 3.39. The number of alkyl halides is 3. The molecule has 3 aromatic rings. The Bertz CT molecular complexity index is 886. The molecule has 0 saturated heterocycles. The van der Waals surface area contributed by atoms with Gasteiger partial charge in [-0.3, -0.25) is 0 Å². The molecular weight excluding hydrogens is 353 g/mol. The first-order valence-corrected chi connectivity index (χ1v) is 8.27. The zero-order valence-electron chi connectivity index (χ0n) is 13.1. The molecule has 0 amide bonds. The number of aromatic nitrogens is 2. The standard InChI is InChI=1S/C17H13F3N2O2S/c1-2-24-16(23)14-10-13(15-7-4-8-25-15)21-22(14)12-6-3-5-11(9-12)17(18,19)20/h3-10H,2H2,1H3. The zero-order chi connectivity index (χ0) is 18.0. The van der Waals surface area contributed by atoms with E-state index in [1.807, 2.05) is 17.5 Å². The fourth-order valence-electron chi connectivity index (χ4n) is 2.29. The van der Waals surface area contributed by atoms with E-state index in [1.54, 1.807) is 6.92 Å². The second-order valence-corrected chi connectivity index (χ2v) is 6.02. The van der Waals surface area contributed by atoms with Gasteiger partial charge >= 0.3 is 12.1 Å². The van der Waals surface area contributed by atoms with Crippen LogP contribution in [0.3, 0.4) is 0 Å². The van der Waals surface area contributed by atoms with E-state index < -0.39 is 17.7 Å². The monoisotopic (exact) mass is 366 g/mol. The van der Waals surface area contributed by atoms with Crippen molar-refractivity contribution in [3.8, 4) is 16.3 Å². The van der Waals surface area contributed by atoms with Crippen LogP contribution in [0.5, 0.6) is 0 Å². The highest BCUT2D eigenvalue weighted by atomic mass is 32.1. The Morgan fingerprint density at radius 3 is 2.68 bits per heavy atom. The first-order chi connectivity index (χ1) is 11.9. The van der Waals surface area contributed by atoms with Crippen molar-refractivity contribution in [1.29, 1.82) is 0 Å². The minimum absolute atomic E-state index is 0.0737. The molecule has 0 aliphatic heterocycles. The summed E-state index contributed by atoms with van der Waals surface area (Å²) in [5.41, 5.74) is -0.103. The lowest BCUT2D eigenvalue weighted by Gasteiger charge is -2.10. The molecule has 25 heavy (non-hydrogen) atoms. The molecule has 0 saturated carbocycles. The van der Waals surface area contributed by atoms with Crippen LogP contribution in [0.15, 0.2) is 47.8 Å². The summed E-state index contributed by atoms with van der Waals surface area (Å²) in [4.78, 5) is 13.0. The molecule has 0 fully saturated rings. The molecule has 0 aliphatic carbocycles. The third-order valence-corrected chi connectivity index (χ3v) is 4.28. The van der Waals surface area contributed by atoms with Crippen molar-refractivity contribution in [2.45, 2.75) is 13.1 Å². The number of esters is 1. The van der Waals surface area contributed by atoms with Gasteiger partial charge in [0.05, 0.1) is 22.7 Å². The maximum Gasteiger partial charge on any atom is 0.416 e. The summed E-state index contributed by atoms with van der Waals surface area (Å²) < 4.78 is 45.1. The van der Waals surface area contributed by atoms with Crippen LogP contribution in [0.1, 0.15) is 23.0 Å². The number of carbonyl (C=O) groups excluding carboxylic acids is 1. The Kier molecular flexibility index (Phi) is 4.63. The van der Waals surface area contributed by atoms with Gasteiger partial charge in [-0.2, -0.15) is 18.3 Å². The molecule has 130 valence electrons. The van der Waals surface area contributed by atoms with E-state index >= 15 is 0 Å². The van der Waals surface area contributed by atoms with Gasteiger partial charge in [-0.05, 0) is 36.6 Å². The number of carbonyl (C=O) groups is 1. The molecule has 0 unspecified atom stereocenters. The molecular formula is C17H13F3N2O2S. The van der Waals surface area contributed by atoms with E-state index in [1.165, 1.54) is 34.2 Å². The Hall–Kier alpha value is -2.61. The van der Waals surface area contributed by atoms with Crippen molar-refractivity contribution in [3.63, 3.8) is 0 Å². The summed E-state index contributed by atoms with van der Waals surface area (Å²) in [5.74, 6) is -0.643. The normalized spacial score (nSPS) is 11.5. The topological polar surface area (TPSA) is 44.1 Å². The number of halogens is 3. The van der Waals surface area contributed by atoms with Crippen molar-refractivity contribution < 1.29 is 22.7 Å². The van der Waals surface area contributed by atoms with Gasteiger partial charge in [0.15, 0.2) is 5.69 Å². The Morgan fingerprint density at radius 1 is 1.24 bits per heavy atom. The average Bonchev–Trinajstić information content (AvgIpc) is 3.24. The van der Waals surface area contributed by atoms with E-state index in [4.69, 9.17) is 4.74 Å². The van der Waals surface area contributed by atoms with Crippen LogP contribution in [0.2, 0.25) is 0 Å². The van der Waals surface area contributed by atoms with Crippen LogP contribution in [-0.4, -0.2) is 22.4 Å².